The van der Waals surface area contributed by atoms with Gasteiger partial charge < -0.3 is 14.6 Å². The number of aliphatic hydroxyl groups is 1. The molecule has 1 aromatic heterocycles. The van der Waals surface area contributed by atoms with Crippen LogP contribution in [0.3, 0.4) is 0 Å². The van der Waals surface area contributed by atoms with E-state index in [0.717, 1.165) is 55.8 Å². The molecule has 2 aliphatic heterocycles. The van der Waals surface area contributed by atoms with E-state index in [1.165, 1.54) is 19.9 Å². The molecule has 1 radical (unpaired) electrons. The second-order valence-corrected chi connectivity index (χ2v) is 9.29. The number of ether oxygens (including phenoxy) is 2. The van der Waals surface area contributed by atoms with Crippen molar-refractivity contribution in [2.75, 3.05) is 0 Å². The molecule has 193 valence electrons. The quantitative estimate of drug-likeness (QED) is 0.113. The summed E-state index contributed by atoms with van der Waals surface area (Å²) in [4.78, 5) is 14.9. The smallest absolute Gasteiger partial charge is 0.208 e. The monoisotopic (exact) mass is 689 g/mol. The Morgan fingerprint density at radius 2 is 1.49 bits per heavy atom. The number of benzene rings is 4. The zero-order chi connectivity index (χ0) is 26.2. The topological polar surface area (TPSA) is 68.7 Å². The molecule has 0 bridgehead atoms. The number of hydrogen-bond donors (Lipinski definition) is 1. The summed E-state index contributed by atoms with van der Waals surface area (Å²) in [5.74, 6) is 3.19. The number of carbonyl (C=O) groups is 1. The third kappa shape index (κ3) is 5.11. The first-order chi connectivity index (χ1) is 18.5. The minimum Gasteiger partial charge on any atom is -0.512 e. The van der Waals surface area contributed by atoms with Crippen molar-refractivity contribution in [1.82, 2.24) is 4.98 Å². The van der Waals surface area contributed by atoms with Crippen LogP contribution in [0.4, 0.5) is 0 Å². The van der Waals surface area contributed by atoms with E-state index >= 15 is 0 Å². The molecule has 7 rings (SSSR count). The van der Waals surface area contributed by atoms with Crippen LogP contribution in [0.15, 0.2) is 103 Å². The van der Waals surface area contributed by atoms with Gasteiger partial charge in [0.15, 0.2) is 5.78 Å². The molecule has 5 nitrogen and oxygen atoms in total. The maximum absolute atomic E-state index is 10.0. The van der Waals surface area contributed by atoms with E-state index in [-0.39, 0.29) is 38.4 Å². The summed E-state index contributed by atoms with van der Waals surface area (Å²) in [6.45, 7) is 2.91. The number of fused-ring (bicyclic) bond motifs is 5. The number of hydrogen-bond acceptors (Lipinski definition) is 5. The van der Waals surface area contributed by atoms with Crippen LogP contribution in [0.25, 0.3) is 22.2 Å². The summed E-state index contributed by atoms with van der Waals surface area (Å²) in [5.41, 5.74) is 5.99. The predicted molar refractivity (Wildman–Crippen MR) is 151 cm³/mol. The molecule has 0 saturated carbocycles. The van der Waals surface area contributed by atoms with Crippen molar-refractivity contribution in [2.24, 2.45) is 0 Å². The van der Waals surface area contributed by atoms with Crippen LogP contribution in [0.5, 0.6) is 23.0 Å². The minimum absolute atomic E-state index is 0. The molecule has 7 heteroatoms. The number of allylic oxidation sites excluding steroid dienone is 2. The number of ketones is 1. The van der Waals surface area contributed by atoms with Gasteiger partial charge in [0.1, 0.15) is 11.5 Å². The van der Waals surface area contributed by atoms with E-state index in [1.54, 1.807) is 0 Å². The van der Waals surface area contributed by atoms with Gasteiger partial charge in [-0.25, -0.2) is 0 Å². The third-order valence-corrected chi connectivity index (χ3v) is 6.50. The first-order valence-corrected chi connectivity index (χ1v) is 12.4. The van der Waals surface area contributed by atoms with Crippen LogP contribution in [0, 0.1) is 6.07 Å². The van der Waals surface area contributed by atoms with Crippen molar-refractivity contribution < 1.29 is 39.5 Å². The van der Waals surface area contributed by atoms with Gasteiger partial charge in [0.05, 0.1) is 11.3 Å². The molecule has 39 heavy (non-hydrogen) atoms. The molecule has 0 fully saturated rings. The molecular weight excluding hydrogens is 665 g/mol. The maximum atomic E-state index is 10.0. The molecular formula is C32H23BIrNO4-. The Morgan fingerprint density at radius 3 is 2.15 bits per heavy atom. The largest absolute Gasteiger partial charge is 0.512 e. The zero-order valence-electron chi connectivity index (χ0n) is 21.3. The number of para-hydroxylation sites is 3. The molecule has 0 amide bonds. The molecule has 0 saturated heterocycles. The van der Waals surface area contributed by atoms with Gasteiger partial charge in [-0.05, 0) is 54.1 Å². The van der Waals surface area contributed by atoms with Crippen molar-refractivity contribution in [3.63, 3.8) is 0 Å². The normalized spacial score (nSPS) is 12.4. The van der Waals surface area contributed by atoms with Crippen LogP contribution in [-0.4, -0.2) is 22.6 Å². The summed E-state index contributed by atoms with van der Waals surface area (Å²) in [6.07, 6.45) is 1.17. The van der Waals surface area contributed by atoms with Gasteiger partial charge in [-0.3, -0.25) is 9.78 Å². The average molecular weight is 689 g/mol. The second kappa shape index (κ2) is 10.9. The Labute approximate surface area is 240 Å². The van der Waals surface area contributed by atoms with E-state index in [2.05, 4.69) is 42.5 Å². The second-order valence-electron chi connectivity index (χ2n) is 9.29. The van der Waals surface area contributed by atoms with E-state index < -0.39 is 0 Å². The Morgan fingerprint density at radius 1 is 0.846 bits per heavy atom. The molecule has 3 heterocycles. The van der Waals surface area contributed by atoms with Gasteiger partial charge in [-0.2, -0.15) is 0 Å². The summed E-state index contributed by atoms with van der Waals surface area (Å²) in [5, 5.41) is 9.48. The van der Waals surface area contributed by atoms with Gasteiger partial charge >= 0.3 is 0 Å². The average Bonchev–Trinajstić information content (AvgIpc) is 2.92. The van der Waals surface area contributed by atoms with Gasteiger partial charge in [-0.15, -0.1) is 11.6 Å². The number of nitrogens with zero attached hydrogens (tertiary/aromatic N) is 1. The summed E-state index contributed by atoms with van der Waals surface area (Å²) >= 11 is 0. The minimum atomic E-state index is -0.125. The number of pyridine rings is 1. The molecule has 0 aliphatic carbocycles. The van der Waals surface area contributed by atoms with E-state index in [4.69, 9.17) is 19.6 Å². The molecule has 0 unspecified atom stereocenters. The fourth-order valence-electron chi connectivity index (χ4n) is 4.96. The third-order valence-electron chi connectivity index (χ3n) is 6.50. The SMILES string of the molecule is CC(=O)/C=C(/C)O.[Ir].[c-]1c(-c2ccc3ccccc3n2)cc2c3c1Oc1ccccc1B3c1ccccc1O2. The molecule has 2 aliphatic rings. The van der Waals surface area contributed by atoms with Crippen molar-refractivity contribution in [1.29, 1.82) is 0 Å². The standard InChI is InChI=1S/C27H15BNO2.C5H8O2.Ir/c1-4-10-21-17(7-1)13-14-22(29-21)18-15-25-27-26(16-18)31-24-12-6-3-9-20(24)28(27)19-8-2-5-11-23(19)30-25;1-4(6)3-5(2)7;/h1-15H;3,6H,1-2H3;/q-1;;/b;4-3-;. The van der Waals surface area contributed by atoms with Gasteiger partial charge in [-0.1, -0.05) is 78.3 Å². The van der Waals surface area contributed by atoms with Gasteiger partial charge in [0, 0.05) is 37.7 Å². The van der Waals surface area contributed by atoms with Crippen LogP contribution in [0.2, 0.25) is 0 Å². The van der Waals surface area contributed by atoms with E-state index in [1.807, 2.05) is 54.6 Å². The van der Waals surface area contributed by atoms with Crippen LogP contribution in [0.1, 0.15) is 13.8 Å². The molecule has 1 N–H and O–H groups in total. The molecule has 5 aromatic rings. The molecule has 0 atom stereocenters. The maximum Gasteiger partial charge on any atom is 0.208 e. The number of carbonyl (C=O) groups excluding carboxylic acids is 1. The van der Waals surface area contributed by atoms with Crippen LogP contribution < -0.4 is 25.9 Å². The predicted octanol–water partition coefficient (Wildman–Crippen LogP) is 5.46. The summed E-state index contributed by atoms with van der Waals surface area (Å²) < 4.78 is 12.7. The van der Waals surface area contributed by atoms with E-state index in [9.17, 15) is 4.79 Å². The van der Waals surface area contributed by atoms with Crippen molar-refractivity contribution in [3.05, 3.63) is 109 Å². The van der Waals surface area contributed by atoms with Gasteiger partial charge in [0.25, 0.3) is 0 Å². The summed E-state index contributed by atoms with van der Waals surface area (Å²) in [6, 6.07) is 34.2. The summed E-state index contributed by atoms with van der Waals surface area (Å²) in [7, 11) is 0. The first-order valence-electron chi connectivity index (χ1n) is 12.4. The molecule has 4 aromatic carbocycles. The Bertz CT molecular complexity index is 1680. The van der Waals surface area contributed by atoms with Gasteiger partial charge in [0.2, 0.25) is 6.71 Å². The van der Waals surface area contributed by atoms with E-state index in [0.29, 0.717) is 5.75 Å². The zero-order valence-corrected chi connectivity index (χ0v) is 23.7. The van der Waals surface area contributed by atoms with Crippen molar-refractivity contribution >= 4 is 39.8 Å². The Kier molecular flexibility index (Phi) is 7.38. The van der Waals surface area contributed by atoms with Crippen LogP contribution in [-0.2, 0) is 24.9 Å². The Hall–Kier alpha value is -4.19. The number of aliphatic hydroxyl groups excluding tert-OH is 1. The molecule has 0 spiro atoms. The first kappa shape index (κ1) is 26.4. The fraction of sp³-hybridized carbons (Fsp3) is 0.0625. The number of rotatable bonds is 2. The van der Waals surface area contributed by atoms with Crippen molar-refractivity contribution in [2.45, 2.75) is 13.8 Å². The number of aromatic nitrogens is 1. The fourth-order valence-corrected chi connectivity index (χ4v) is 4.96. The van der Waals surface area contributed by atoms with Crippen LogP contribution >= 0.6 is 0 Å². The Balaban J connectivity index is 0.000000345. The van der Waals surface area contributed by atoms with Crippen molar-refractivity contribution in [3.8, 4) is 34.3 Å².